The van der Waals surface area contributed by atoms with Crippen molar-refractivity contribution in [3.05, 3.63) is 29.8 Å². The molecule has 0 bridgehead atoms. The maximum absolute atomic E-state index is 12.0. The SMILES string of the molecule is CS(=O)(=O)c1ccc(CNC(=O)CN2CCCNCC2)cc1. The van der Waals surface area contributed by atoms with Gasteiger partial charge < -0.3 is 10.6 Å². The molecule has 0 spiro atoms. The van der Waals surface area contributed by atoms with E-state index < -0.39 is 9.84 Å². The Morgan fingerprint density at radius 2 is 1.95 bits per heavy atom. The Morgan fingerprint density at radius 1 is 1.23 bits per heavy atom. The van der Waals surface area contributed by atoms with E-state index in [0.717, 1.165) is 38.2 Å². The third-order valence-electron chi connectivity index (χ3n) is 3.64. The molecule has 1 aliphatic heterocycles. The van der Waals surface area contributed by atoms with Crippen LogP contribution in [0.15, 0.2) is 29.2 Å². The van der Waals surface area contributed by atoms with E-state index in [9.17, 15) is 13.2 Å². The van der Waals surface area contributed by atoms with E-state index in [2.05, 4.69) is 15.5 Å². The van der Waals surface area contributed by atoms with Crippen LogP contribution in [0.25, 0.3) is 0 Å². The van der Waals surface area contributed by atoms with Gasteiger partial charge in [-0.25, -0.2) is 8.42 Å². The number of nitrogens with zero attached hydrogens (tertiary/aromatic N) is 1. The summed E-state index contributed by atoms with van der Waals surface area (Å²) in [6.07, 6.45) is 2.24. The van der Waals surface area contributed by atoms with Crippen LogP contribution in [0.1, 0.15) is 12.0 Å². The minimum atomic E-state index is -3.17. The number of hydrogen-bond acceptors (Lipinski definition) is 5. The Morgan fingerprint density at radius 3 is 2.64 bits per heavy atom. The molecule has 2 rings (SSSR count). The van der Waals surface area contributed by atoms with Crippen molar-refractivity contribution in [3.8, 4) is 0 Å². The fraction of sp³-hybridized carbons (Fsp3) is 0.533. The molecule has 0 atom stereocenters. The van der Waals surface area contributed by atoms with Gasteiger partial charge in [0.1, 0.15) is 0 Å². The number of carbonyl (C=O) groups excluding carboxylic acids is 1. The van der Waals surface area contributed by atoms with Crippen molar-refractivity contribution < 1.29 is 13.2 Å². The van der Waals surface area contributed by atoms with Gasteiger partial charge in [-0.1, -0.05) is 12.1 Å². The minimum Gasteiger partial charge on any atom is -0.351 e. The van der Waals surface area contributed by atoms with Gasteiger partial charge in [-0.15, -0.1) is 0 Å². The molecule has 6 nitrogen and oxygen atoms in total. The maximum atomic E-state index is 12.0. The van der Waals surface area contributed by atoms with Gasteiger partial charge in [0.15, 0.2) is 9.84 Å². The van der Waals surface area contributed by atoms with E-state index in [4.69, 9.17) is 0 Å². The fourth-order valence-electron chi connectivity index (χ4n) is 2.37. The van der Waals surface area contributed by atoms with Crippen LogP contribution in [-0.2, 0) is 21.2 Å². The highest BCUT2D eigenvalue weighted by Crippen LogP contribution is 2.10. The van der Waals surface area contributed by atoms with Crippen LogP contribution >= 0.6 is 0 Å². The average molecular weight is 325 g/mol. The van der Waals surface area contributed by atoms with E-state index in [1.165, 1.54) is 6.26 Å². The Labute approximate surface area is 131 Å². The number of hydrogen-bond donors (Lipinski definition) is 2. The lowest BCUT2D eigenvalue weighted by Crippen LogP contribution is -2.38. The van der Waals surface area contributed by atoms with E-state index in [0.29, 0.717) is 18.0 Å². The minimum absolute atomic E-state index is 0.00547. The molecular formula is C15H23N3O3S. The molecule has 1 aliphatic rings. The molecule has 1 fully saturated rings. The Bertz CT molecular complexity index is 591. The third-order valence-corrected chi connectivity index (χ3v) is 4.77. The summed E-state index contributed by atoms with van der Waals surface area (Å²) < 4.78 is 22.8. The molecule has 0 aromatic heterocycles. The zero-order valence-corrected chi connectivity index (χ0v) is 13.7. The van der Waals surface area contributed by atoms with Crippen molar-refractivity contribution in [2.24, 2.45) is 0 Å². The van der Waals surface area contributed by atoms with Gasteiger partial charge >= 0.3 is 0 Å². The quantitative estimate of drug-likeness (QED) is 0.797. The molecule has 0 aliphatic carbocycles. The summed E-state index contributed by atoms with van der Waals surface area (Å²) in [6.45, 7) is 4.56. The largest absolute Gasteiger partial charge is 0.351 e. The first kappa shape index (κ1) is 16.9. The second kappa shape index (κ2) is 7.71. The number of nitrogens with one attached hydrogen (secondary N) is 2. The lowest BCUT2D eigenvalue weighted by Gasteiger charge is -2.18. The van der Waals surface area contributed by atoms with Crippen LogP contribution in [-0.4, -0.2) is 58.2 Å². The first-order chi connectivity index (χ1) is 10.4. The molecule has 2 N–H and O–H groups in total. The Kier molecular flexibility index (Phi) is 5.93. The molecule has 122 valence electrons. The summed E-state index contributed by atoms with van der Waals surface area (Å²) in [7, 11) is -3.17. The molecule has 1 aromatic rings. The van der Waals surface area contributed by atoms with Crippen molar-refractivity contribution in [2.75, 3.05) is 39.0 Å². The fourth-order valence-corrected chi connectivity index (χ4v) is 3.00. The number of carbonyl (C=O) groups is 1. The number of benzene rings is 1. The van der Waals surface area contributed by atoms with E-state index in [-0.39, 0.29) is 5.91 Å². The monoisotopic (exact) mass is 325 g/mol. The molecular weight excluding hydrogens is 302 g/mol. The van der Waals surface area contributed by atoms with Gasteiger partial charge in [0.25, 0.3) is 0 Å². The second-order valence-corrected chi connectivity index (χ2v) is 7.59. The Hall–Kier alpha value is -1.44. The van der Waals surface area contributed by atoms with E-state index in [1.54, 1.807) is 24.3 Å². The molecule has 0 saturated carbocycles. The predicted molar refractivity (Wildman–Crippen MR) is 85.3 cm³/mol. The molecule has 0 unspecified atom stereocenters. The molecule has 1 amide bonds. The number of sulfone groups is 1. The first-order valence-electron chi connectivity index (χ1n) is 7.44. The molecule has 22 heavy (non-hydrogen) atoms. The first-order valence-corrected chi connectivity index (χ1v) is 9.33. The standard InChI is InChI=1S/C15H23N3O3S/c1-22(20,21)14-5-3-13(4-6-14)11-17-15(19)12-18-9-2-7-16-8-10-18/h3-6,16H,2,7-12H2,1H3,(H,17,19). The smallest absolute Gasteiger partial charge is 0.234 e. The van der Waals surface area contributed by atoms with Crippen molar-refractivity contribution >= 4 is 15.7 Å². The summed E-state index contributed by atoms with van der Waals surface area (Å²) >= 11 is 0. The van der Waals surface area contributed by atoms with Crippen LogP contribution in [0.3, 0.4) is 0 Å². The van der Waals surface area contributed by atoms with Crippen LogP contribution in [0, 0.1) is 0 Å². The zero-order valence-electron chi connectivity index (χ0n) is 12.8. The molecule has 1 saturated heterocycles. The van der Waals surface area contributed by atoms with Crippen molar-refractivity contribution in [3.63, 3.8) is 0 Å². The topological polar surface area (TPSA) is 78.5 Å². The van der Waals surface area contributed by atoms with Gasteiger partial charge in [-0.05, 0) is 37.2 Å². The van der Waals surface area contributed by atoms with Crippen LogP contribution in [0.2, 0.25) is 0 Å². The van der Waals surface area contributed by atoms with Crippen LogP contribution < -0.4 is 10.6 Å². The third kappa shape index (κ3) is 5.40. The van der Waals surface area contributed by atoms with Gasteiger partial charge in [0, 0.05) is 25.9 Å². The molecule has 7 heteroatoms. The highest BCUT2D eigenvalue weighted by atomic mass is 32.2. The predicted octanol–water partition coefficient (Wildman–Crippen LogP) is 0.00160. The van der Waals surface area contributed by atoms with E-state index >= 15 is 0 Å². The van der Waals surface area contributed by atoms with Crippen LogP contribution in [0.4, 0.5) is 0 Å². The van der Waals surface area contributed by atoms with Gasteiger partial charge in [-0.2, -0.15) is 0 Å². The Balaban J connectivity index is 1.80. The summed E-state index contributed by atoms with van der Waals surface area (Å²) in [5, 5.41) is 6.18. The highest BCUT2D eigenvalue weighted by Gasteiger charge is 2.12. The van der Waals surface area contributed by atoms with Gasteiger partial charge in [0.2, 0.25) is 5.91 Å². The van der Waals surface area contributed by atoms with Crippen molar-refractivity contribution in [1.82, 2.24) is 15.5 Å². The summed E-state index contributed by atoms with van der Waals surface area (Å²) in [5.74, 6) is -0.00547. The van der Waals surface area contributed by atoms with Crippen molar-refractivity contribution in [2.45, 2.75) is 17.9 Å². The van der Waals surface area contributed by atoms with Crippen molar-refractivity contribution in [1.29, 1.82) is 0 Å². The summed E-state index contributed by atoms with van der Waals surface area (Å²) in [5.41, 5.74) is 0.887. The number of rotatable bonds is 5. The van der Waals surface area contributed by atoms with Crippen LogP contribution in [0.5, 0.6) is 0 Å². The lowest BCUT2D eigenvalue weighted by molar-refractivity contribution is -0.122. The number of amides is 1. The normalized spacial score (nSPS) is 17.0. The van der Waals surface area contributed by atoms with Gasteiger partial charge in [-0.3, -0.25) is 9.69 Å². The van der Waals surface area contributed by atoms with Gasteiger partial charge in [0.05, 0.1) is 11.4 Å². The highest BCUT2D eigenvalue weighted by molar-refractivity contribution is 7.90. The van der Waals surface area contributed by atoms with E-state index in [1.807, 2.05) is 0 Å². The lowest BCUT2D eigenvalue weighted by atomic mass is 10.2. The molecule has 1 heterocycles. The average Bonchev–Trinajstić information content (AvgIpc) is 2.73. The maximum Gasteiger partial charge on any atom is 0.234 e. The second-order valence-electron chi connectivity index (χ2n) is 5.57. The molecule has 0 radical (unpaired) electrons. The summed E-state index contributed by atoms with van der Waals surface area (Å²) in [4.78, 5) is 14.4. The molecule has 1 aromatic carbocycles. The summed E-state index contributed by atoms with van der Waals surface area (Å²) in [6, 6.07) is 6.59. The zero-order chi connectivity index (χ0) is 16.0.